The molecule has 1 heterocycles. The van der Waals surface area contributed by atoms with E-state index in [0.29, 0.717) is 6.67 Å². The second-order valence-electron chi connectivity index (χ2n) is 2.36. The zero-order chi connectivity index (χ0) is 7.52. The Labute approximate surface area is 65.4 Å². The predicted molar refractivity (Wildman–Crippen MR) is 47.2 cm³/mol. The maximum Gasteiger partial charge on any atom is 0.130 e. The van der Waals surface area contributed by atoms with Gasteiger partial charge in [-0.1, -0.05) is 24.3 Å². The number of allylic oxidation sites excluding steroid dienone is 6. The van der Waals surface area contributed by atoms with Crippen LogP contribution >= 0.6 is 0 Å². The molecule has 2 rings (SSSR count). The van der Waals surface area contributed by atoms with Crippen LogP contribution in [0.15, 0.2) is 45.9 Å². The van der Waals surface area contributed by atoms with Crippen LogP contribution in [0.4, 0.5) is 0 Å². The van der Waals surface area contributed by atoms with E-state index in [1.54, 1.807) is 0 Å². The second-order valence-corrected chi connectivity index (χ2v) is 2.36. The lowest BCUT2D eigenvalue weighted by atomic mass is 10.1. The van der Waals surface area contributed by atoms with Gasteiger partial charge in [0.1, 0.15) is 6.67 Å². The van der Waals surface area contributed by atoms with Gasteiger partial charge >= 0.3 is 0 Å². The lowest BCUT2D eigenvalue weighted by molar-refractivity contribution is 1.07. The van der Waals surface area contributed by atoms with Crippen LogP contribution in [0.1, 0.15) is 0 Å². The van der Waals surface area contributed by atoms with Crippen LogP contribution in [0, 0.1) is 0 Å². The molecule has 0 bridgehead atoms. The van der Waals surface area contributed by atoms with Crippen molar-refractivity contribution in [3.63, 3.8) is 0 Å². The first-order valence-corrected chi connectivity index (χ1v) is 3.56. The minimum Gasteiger partial charge on any atom is -0.269 e. The number of hydrogen-bond donors (Lipinski definition) is 0. The van der Waals surface area contributed by atoms with E-state index < -0.39 is 0 Å². The molecule has 2 aliphatic rings. The van der Waals surface area contributed by atoms with Gasteiger partial charge in [-0.15, -0.1) is 0 Å². The number of rotatable bonds is 0. The second kappa shape index (κ2) is 2.66. The summed E-state index contributed by atoms with van der Waals surface area (Å²) in [6, 6.07) is 0. The summed E-state index contributed by atoms with van der Waals surface area (Å²) in [7, 11) is 0. The molecule has 0 aromatic carbocycles. The van der Waals surface area contributed by atoms with E-state index in [2.05, 4.69) is 9.98 Å². The fraction of sp³-hybridized carbons (Fsp3) is 0.111. The summed E-state index contributed by atoms with van der Waals surface area (Å²) in [5.74, 6) is 0. The highest BCUT2D eigenvalue weighted by molar-refractivity contribution is 6.22. The molecule has 2 nitrogen and oxygen atoms in total. The van der Waals surface area contributed by atoms with Gasteiger partial charge in [0.05, 0.1) is 5.71 Å². The summed E-state index contributed by atoms with van der Waals surface area (Å²) >= 11 is 0. The van der Waals surface area contributed by atoms with E-state index in [0.717, 1.165) is 11.3 Å². The van der Waals surface area contributed by atoms with E-state index in [-0.39, 0.29) is 0 Å². The maximum absolute atomic E-state index is 4.24. The number of nitrogens with zero attached hydrogens (tertiary/aromatic N) is 2. The van der Waals surface area contributed by atoms with Crippen molar-refractivity contribution in [2.75, 3.05) is 6.67 Å². The van der Waals surface area contributed by atoms with Crippen LogP contribution < -0.4 is 0 Å². The van der Waals surface area contributed by atoms with Crippen molar-refractivity contribution in [1.29, 1.82) is 0 Å². The Balaban J connectivity index is 2.44. The molecule has 0 unspecified atom stereocenters. The molecule has 1 aliphatic heterocycles. The zero-order valence-electron chi connectivity index (χ0n) is 6.07. The number of hydrogen-bond acceptors (Lipinski definition) is 2. The van der Waals surface area contributed by atoms with Gasteiger partial charge in [0.2, 0.25) is 0 Å². The maximum atomic E-state index is 4.24. The predicted octanol–water partition coefficient (Wildman–Crippen LogP) is 1.52. The molecule has 11 heavy (non-hydrogen) atoms. The van der Waals surface area contributed by atoms with Crippen LogP contribution in [0.2, 0.25) is 0 Å². The molecule has 0 saturated heterocycles. The first kappa shape index (κ1) is 6.28. The van der Waals surface area contributed by atoms with E-state index in [4.69, 9.17) is 0 Å². The smallest absolute Gasteiger partial charge is 0.130 e. The Kier molecular flexibility index (Phi) is 1.52. The lowest BCUT2D eigenvalue weighted by Crippen LogP contribution is -2.05. The fourth-order valence-electron chi connectivity index (χ4n) is 1.06. The summed E-state index contributed by atoms with van der Waals surface area (Å²) in [6.07, 6.45) is 11.8. The monoisotopic (exact) mass is 144 g/mol. The average Bonchev–Trinajstić information content (AvgIpc) is 2.28. The molecule has 0 atom stereocenters. The molecule has 0 radical (unpaired) electrons. The Bertz CT molecular complexity index is 304. The molecule has 0 amide bonds. The Hall–Kier alpha value is -1.44. The third-order valence-corrected chi connectivity index (χ3v) is 1.60. The molecule has 1 aliphatic carbocycles. The summed E-state index contributed by atoms with van der Waals surface area (Å²) in [5, 5.41) is 0. The SMILES string of the molecule is C1=CC=C2C=NCN=C2C=C1. The Morgan fingerprint density at radius 1 is 1.18 bits per heavy atom. The van der Waals surface area contributed by atoms with Crippen LogP contribution in [0.5, 0.6) is 0 Å². The summed E-state index contributed by atoms with van der Waals surface area (Å²) in [4.78, 5) is 8.29. The first-order chi connectivity index (χ1) is 5.47. The highest BCUT2D eigenvalue weighted by Gasteiger charge is 2.03. The molecular formula is C9H8N2. The van der Waals surface area contributed by atoms with Gasteiger partial charge in [-0.3, -0.25) is 9.98 Å². The minimum absolute atomic E-state index is 0.566. The van der Waals surface area contributed by atoms with Crippen LogP contribution in [-0.4, -0.2) is 18.6 Å². The normalized spacial score (nSPS) is 20.4. The molecule has 0 aromatic heterocycles. The molecule has 0 fully saturated rings. The van der Waals surface area contributed by atoms with Crippen LogP contribution in [0.3, 0.4) is 0 Å². The lowest BCUT2D eigenvalue weighted by Gasteiger charge is -2.04. The Morgan fingerprint density at radius 3 is 3.18 bits per heavy atom. The molecular weight excluding hydrogens is 136 g/mol. The molecule has 2 heteroatoms. The van der Waals surface area contributed by atoms with Crippen molar-refractivity contribution < 1.29 is 0 Å². The highest BCUT2D eigenvalue weighted by Crippen LogP contribution is 2.06. The van der Waals surface area contributed by atoms with Crippen LogP contribution in [-0.2, 0) is 0 Å². The van der Waals surface area contributed by atoms with Crippen molar-refractivity contribution in [2.45, 2.75) is 0 Å². The van der Waals surface area contributed by atoms with Gasteiger partial charge in [-0.25, -0.2) is 0 Å². The topological polar surface area (TPSA) is 24.7 Å². The van der Waals surface area contributed by atoms with Gasteiger partial charge in [0.15, 0.2) is 0 Å². The van der Waals surface area contributed by atoms with E-state index in [9.17, 15) is 0 Å². The number of fused-ring (bicyclic) bond motifs is 1. The van der Waals surface area contributed by atoms with Crippen molar-refractivity contribution in [2.24, 2.45) is 9.98 Å². The summed E-state index contributed by atoms with van der Waals surface area (Å²) < 4.78 is 0. The standard InChI is InChI=1S/C9H8N2/c1-2-4-8-6-10-7-11-9(8)5-3-1/h1-6H,7H2. The van der Waals surface area contributed by atoms with Crippen molar-refractivity contribution in [1.82, 2.24) is 0 Å². The zero-order valence-corrected chi connectivity index (χ0v) is 6.07. The fourth-order valence-corrected chi connectivity index (χ4v) is 1.06. The van der Waals surface area contributed by atoms with Gasteiger partial charge in [-0.05, 0) is 6.08 Å². The van der Waals surface area contributed by atoms with Crippen molar-refractivity contribution >= 4 is 11.9 Å². The Morgan fingerprint density at radius 2 is 2.18 bits per heavy atom. The molecule has 54 valence electrons. The van der Waals surface area contributed by atoms with Gasteiger partial charge < -0.3 is 0 Å². The van der Waals surface area contributed by atoms with Crippen molar-refractivity contribution in [3.8, 4) is 0 Å². The first-order valence-electron chi connectivity index (χ1n) is 3.56. The van der Waals surface area contributed by atoms with E-state index in [1.807, 2.05) is 36.6 Å². The minimum atomic E-state index is 0.566. The van der Waals surface area contributed by atoms with Gasteiger partial charge in [0.25, 0.3) is 0 Å². The molecule has 0 spiro atoms. The third-order valence-electron chi connectivity index (χ3n) is 1.60. The van der Waals surface area contributed by atoms with E-state index in [1.165, 1.54) is 0 Å². The molecule has 0 N–H and O–H groups in total. The largest absolute Gasteiger partial charge is 0.269 e. The number of aliphatic imine (C=N–C) groups is 2. The quantitative estimate of drug-likeness (QED) is 0.492. The highest BCUT2D eigenvalue weighted by atomic mass is 14.9. The van der Waals surface area contributed by atoms with E-state index >= 15 is 0 Å². The van der Waals surface area contributed by atoms with Crippen LogP contribution in [0.25, 0.3) is 0 Å². The average molecular weight is 144 g/mol. The van der Waals surface area contributed by atoms with Gasteiger partial charge in [0, 0.05) is 11.8 Å². The summed E-state index contributed by atoms with van der Waals surface area (Å²) in [5.41, 5.74) is 2.13. The third kappa shape index (κ3) is 1.19. The summed E-state index contributed by atoms with van der Waals surface area (Å²) in [6.45, 7) is 0.566. The van der Waals surface area contributed by atoms with Crippen molar-refractivity contribution in [3.05, 3.63) is 36.0 Å². The van der Waals surface area contributed by atoms with Gasteiger partial charge in [-0.2, -0.15) is 0 Å². The molecule has 0 saturated carbocycles. The molecule has 0 aromatic rings.